The zero-order chi connectivity index (χ0) is 13.0. The largest absolute Gasteiger partial charge is 0.355 e. The van der Waals surface area contributed by atoms with E-state index in [9.17, 15) is 10.1 Å². The summed E-state index contributed by atoms with van der Waals surface area (Å²) < 4.78 is 0. The molecule has 0 radical (unpaired) electrons. The number of hydrogen-bond acceptors (Lipinski definition) is 4. The van der Waals surface area contributed by atoms with Crippen LogP contribution in [0.4, 0.5) is 17.1 Å². The molecule has 2 rings (SSSR count). The predicted octanol–water partition coefficient (Wildman–Crippen LogP) is 3.21. The van der Waals surface area contributed by atoms with Gasteiger partial charge in [-0.1, -0.05) is 6.07 Å². The summed E-state index contributed by atoms with van der Waals surface area (Å²) >= 11 is 0. The number of anilines is 2. The zero-order valence-electron chi connectivity index (χ0n) is 9.33. The van der Waals surface area contributed by atoms with Gasteiger partial charge >= 0.3 is 0 Å². The van der Waals surface area contributed by atoms with E-state index in [2.05, 4.69) is 5.32 Å². The Hall–Kier alpha value is -2.87. The standard InChI is InChI=1S/C13H9N3O2/c14-9-10-4-6-11(7-5-10)15-12-2-1-3-13(8-12)16(17)18/h1-8,15H. The average molecular weight is 239 g/mol. The van der Waals surface area contributed by atoms with Crippen molar-refractivity contribution in [1.29, 1.82) is 5.26 Å². The van der Waals surface area contributed by atoms with Crippen molar-refractivity contribution in [2.75, 3.05) is 5.32 Å². The molecule has 0 heterocycles. The fourth-order valence-electron chi connectivity index (χ4n) is 1.49. The van der Waals surface area contributed by atoms with Gasteiger partial charge in [0.25, 0.3) is 5.69 Å². The van der Waals surface area contributed by atoms with Crippen LogP contribution >= 0.6 is 0 Å². The van der Waals surface area contributed by atoms with Crippen molar-refractivity contribution in [2.24, 2.45) is 0 Å². The Labute approximate surface area is 103 Å². The van der Waals surface area contributed by atoms with Crippen LogP contribution in [0.25, 0.3) is 0 Å². The molecule has 0 aromatic heterocycles. The number of benzene rings is 2. The van der Waals surface area contributed by atoms with E-state index < -0.39 is 4.92 Å². The smallest absolute Gasteiger partial charge is 0.271 e. The highest BCUT2D eigenvalue weighted by molar-refractivity contribution is 5.62. The summed E-state index contributed by atoms with van der Waals surface area (Å²) in [7, 11) is 0. The molecule has 0 amide bonds. The normalized spacial score (nSPS) is 9.50. The van der Waals surface area contributed by atoms with Gasteiger partial charge in [-0.15, -0.1) is 0 Å². The summed E-state index contributed by atoms with van der Waals surface area (Å²) in [6.07, 6.45) is 0. The second-order valence-corrected chi connectivity index (χ2v) is 3.62. The SMILES string of the molecule is N#Cc1ccc(Nc2cccc([N+](=O)[O-])c2)cc1. The quantitative estimate of drug-likeness (QED) is 0.658. The Kier molecular flexibility index (Phi) is 3.21. The molecule has 0 saturated carbocycles. The van der Waals surface area contributed by atoms with E-state index in [1.807, 2.05) is 6.07 Å². The molecule has 2 aromatic carbocycles. The lowest BCUT2D eigenvalue weighted by Gasteiger charge is -2.05. The lowest BCUT2D eigenvalue weighted by molar-refractivity contribution is -0.384. The van der Waals surface area contributed by atoms with Gasteiger partial charge < -0.3 is 5.32 Å². The maximum atomic E-state index is 10.6. The summed E-state index contributed by atoms with van der Waals surface area (Å²) in [6, 6.07) is 15.1. The molecule has 0 aliphatic carbocycles. The maximum Gasteiger partial charge on any atom is 0.271 e. The molecule has 2 aromatic rings. The number of hydrogen-bond donors (Lipinski definition) is 1. The molecular formula is C13H9N3O2. The van der Waals surface area contributed by atoms with Crippen molar-refractivity contribution in [3.05, 3.63) is 64.2 Å². The van der Waals surface area contributed by atoms with Gasteiger partial charge in [0.05, 0.1) is 16.6 Å². The van der Waals surface area contributed by atoms with E-state index in [-0.39, 0.29) is 5.69 Å². The van der Waals surface area contributed by atoms with E-state index in [0.29, 0.717) is 11.3 Å². The number of nitro benzene ring substituents is 1. The van der Waals surface area contributed by atoms with Crippen LogP contribution in [0, 0.1) is 21.4 Å². The molecule has 5 heteroatoms. The summed E-state index contributed by atoms with van der Waals surface area (Å²) in [6.45, 7) is 0. The van der Waals surface area contributed by atoms with E-state index >= 15 is 0 Å². The Balaban J connectivity index is 2.20. The third kappa shape index (κ3) is 2.62. The molecule has 0 fully saturated rings. The van der Waals surface area contributed by atoms with Crippen molar-refractivity contribution in [1.82, 2.24) is 0 Å². The molecule has 1 N–H and O–H groups in total. The van der Waals surface area contributed by atoms with Gasteiger partial charge in [0.1, 0.15) is 0 Å². The average Bonchev–Trinajstić information content (AvgIpc) is 2.40. The van der Waals surface area contributed by atoms with Gasteiger partial charge in [-0.2, -0.15) is 5.26 Å². The summed E-state index contributed by atoms with van der Waals surface area (Å²) in [4.78, 5) is 10.2. The van der Waals surface area contributed by atoms with Crippen molar-refractivity contribution >= 4 is 17.1 Å². The summed E-state index contributed by atoms with van der Waals surface area (Å²) in [5, 5.41) is 22.3. The molecular weight excluding hydrogens is 230 g/mol. The van der Waals surface area contributed by atoms with Crippen LogP contribution in [0.3, 0.4) is 0 Å². The van der Waals surface area contributed by atoms with E-state index in [1.54, 1.807) is 36.4 Å². The minimum Gasteiger partial charge on any atom is -0.355 e. The van der Waals surface area contributed by atoms with E-state index in [1.165, 1.54) is 12.1 Å². The first-order chi connectivity index (χ1) is 8.69. The van der Waals surface area contributed by atoms with Gasteiger partial charge in [0.2, 0.25) is 0 Å². The van der Waals surface area contributed by atoms with Gasteiger partial charge in [0, 0.05) is 23.5 Å². The number of rotatable bonds is 3. The molecule has 0 atom stereocenters. The molecule has 5 nitrogen and oxygen atoms in total. The maximum absolute atomic E-state index is 10.6. The lowest BCUT2D eigenvalue weighted by Crippen LogP contribution is -1.92. The fourth-order valence-corrected chi connectivity index (χ4v) is 1.49. The monoisotopic (exact) mass is 239 g/mol. The second-order valence-electron chi connectivity index (χ2n) is 3.62. The minimum atomic E-state index is -0.441. The third-order valence-electron chi connectivity index (χ3n) is 2.36. The fraction of sp³-hybridized carbons (Fsp3) is 0. The Morgan fingerprint density at radius 2 is 1.83 bits per heavy atom. The third-order valence-corrected chi connectivity index (χ3v) is 2.36. The minimum absolute atomic E-state index is 0.0358. The first-order valence-electron chi connectivity index (χ1n) is 5.21. The number of nitro groups is 1. The van der Waals surface area contributed by atoms with Crippen LogP contribution in [0.15, 0.2) is 48.5 Å². The molecule has 88 valence electrons. The van der Waals surface area contributed by atoms with Crippen LogP contribution in [-0.2, 0) is 0 Å². The molecule has 0 bridgehead atoms. The summed E-state index contributed by atoms with van der Waals surface area (Å²) in [5.41, 5.74) is 2.01. The van der Waals surface area contributed by atoms with Crippen LogP contribution < -0.4 is 5.32 Å². The second kappa shape index (κ2) is 4.97. The number of nitrogens with zero attached hydrogens (tertiary/aromatic N) is 2. The highest BCUT2D eigenvalue weighted by atomic mass is 16.6. The Morgan fingerprint density at radius 3 is 2.44 bits per heavy atom. The van der Waals surface area contributed by atoms with E-state index in [0.717, 1.165) is 5.69 Å². The highest BCUT2D eigenvalue weighted by Crippen LogP contribution is 2.21. The van der Waals surface area contributed by atoms with Gasteiger partial charge in [-0.05, 0) is 30.3 Å². The molecule has 0 saturated heterocycles. The Morgan fingerprint density at radius 1 is 1.11 bits per heavy atom. The zero-order valence-corrected chi connectivity index (χ0v) is 9.33. The van der Waals surface area contributed by atoms with Crippen LogP contribution in [-0.4, -0.2) is 4.92 Å². The first kappa shape index (κ1) is 11.6. The number of nitrogens with one attached hydrogen (secondary N) is 1. The summed E-state index contributed by atoms with van der Waals surface area (Å²) in [5.74, 6) is 0. The van der Waals surface area contributed by atoms with Gasteiger partial charge in [-0.25, -0.2) is 0 Å². The topological polar surface area (TPSA) is 79.0 Å². The number of nitriles is 1. The van der Waals surface area contributed by atoms with Crippen molar-refractivity contribution in [3.63, 3.8) is 0 Å². The van der Waals surface area contributed by atoms with Gasteiger partial charge in [0.15, 0.2) is 0 Å². The lowest BCUT2D eigenvalue weighted by atomic mass is 10.2. The number of non-ortho nitro benzene ring substituents is 1. The van der Waals surface area contributed by atoms with Crippen LogP contribution in [0.1, 0.15) is 5.56 Å². The Bertz CT molecular complexity index is 615. The van der Waals surface area contributed by atoms with Crippen LogP contribution in [0.2, 0.25) is 0 Å². The highest BCUT2D eigenvalue weighted by Gasteiger charge is 2.05. The van der Waals surface area contributed by atoms with Gasteiger partial charge in [-0.3, -0.25) is 10.1 Å². The molecule has 18 heavy (non-hydrogen) atoms. The molecule has 0 aliphatic heterocycles. The predicted molar refractivity (Wildman–Crippen MR) is 67.5 cm³/mol. The van der Waals surface area contributed by atoms with Crippen molar-refractivity contribution in [2.45, 2.75) is 0 Å². The first-order valence-corrected chi connectivity index (χ1v) is 5.21. The van der Waals surface area contributed by atoms with E-state index in [4.69, 9.17) is 5.26 Å². The van der Waals surface area contributed by atoms with Crippen LogP contribution in [0.5, 0.6) is 0 Å². The molecule has 0 unspecified atom stereocenters. The molecule has 0 spiro atoms. The van der Waals surface area contributed by atoms with Crippen molar-refractivity contribution in [3.8, 4) is 6.07 Å². The molecule has 0 aliphatic rings. The van der Waals surface area contributed by atoms with Crippen molar-refractivity contribution < 1.29 is 4.92 Å².